The van der Waals surface area contributed by atoms with E-state index in [9.17, 15) is 9.59 Å². The molecule has 1 aromatic carbocycles. The van der Waals surface area contributed by atoms with E-state index in [0.29, 0.717) is 25.2 Å². The second-order valence-corrected chi connectivity index (χ2v) is 6.27. The molecule has 7 heteroatoms. The molecular formula is C16H18N4O2S. The van der Waals surface area contributed by atoms with Gasteiger partial charge in [-0.25, -0.2) is 4.98 Å². The van der Waals surface area contributed by atoms with Gasteiger partial charge in [-0.3, -0.25) is 9.59 Å². The van der Waals surface area contributed by atoms with Gasteiger partial charge in [0.05, 0.1) is 0 Å². The van der Waals surface area contributed by atoms with Crippen LogP contribution in [0.5, 0.6) is 0 Å². The van der Waals surface area contributed by atoms with Crippen molar-refractivity contribution in [3.63, 3.8) is 0 Å². The van der Waals surface area contributed by atoms with Gasteiger partial charge in [0.15, 0.2) is 0 Å². The topological polar surface area (TPSA) is 88.3 Å². The lowest BCUT2D eigenvalue weighted by Gasteiger charge is -2.16. The number of carbonyl (C=O) groups is 2. The molecule has 0 unspecified atom stereocenters. The summed E-state index contributed by atoms with van der Waals surface area (Å²) in [7, 11) is 0. The van der Waals surface area contributed by atoms with Crippen LogP contribution in [0.1, 0.15) is 33.9 Å². The summed E-state index contributed by atoms with van der Waals surface area (Å²) in [5.74, 6) is -0.0370. The first-order valence-electron chi connectivity index (χ1n) is 7.49. The fourth-order valence-corrected chi connectivity index (χ4v) is 3.15. The van der Waals surface area contributed by atoms with E-state index >= 15 is 0 Å². The number of aromatic nitrogens is 1. The van der Waals surface area contributed by atoms with Crippen LogP contribution in [0, 0.1) is 0 Å². The fourth-order valence-electron chi connectivity index (χ4n) is 2.50. The minimum Gasteiger partial charge on any atom is -0.347 e. The lowest BCUT2D eigenvalue weighted by atomic mass is 10.2. The third-order valence-corrected chi connectivity index (χ3v) is 4.60. The second-order valence-electron chi connectivity index (χ2n) is 5.33. The first kappa shape index (κ1) is 15.6. The highest BCUT2D eigenvalue weighted by Gasteiger charge is 2.21. The number of hydrogen-bond donors (Lipinski definition) is 2. The zero-order valence-corrected chi connectivity index (χ0v) is 13.4. The average Bonchev–Trinajstić information content (AvgIpc) is 3.22. The van der Waals surface area contributed by atoms with Crippen LogP contribution in [0.15, 0.2) is 29.6 Å². The number of nitrogens with zero attached hydrogens (tertiary/aromatic N) is 2. The molecule has 1 aliphatic rings. The molecule has 120 valence electrons. The number of benzene rings is 1. The molecule has 1 aliphatic heterocycles. The Bertz CT molecular complexity index is 711. The maximum atomic E-state index is 12.0. The largest absolute Gasteiger partial charge is 0.347 e. The molecule has 1 fully saturated rings. The van der Waals surface area contributed by atoms with Crippen molar-refractivity contribution in [2.45, 2.75) is 25.9 Å². The van der Waals surface area contributed by atoms with Gasteiger partial charge < -0.3 is 16.0 Å². The fraction of sp³-hybridized carbons (Fsp3) is 0.312. The van der Waals surface area contributed by atoms with Gasteiger partial charge in [-0.15, -0.1) is 11.3 Å². The molecule has 0 atom stereocenters. The summed E-state index contributed by atoms with van der Waals surface area (Å²) in [5, 5.41) is 5.29. The Balaban J connectivity index is 1.58. The first-order valence-corrected chi connectivity index (χ1v) is 8.37. The van der Waals surface area contributed by atoms with Crippen LogP contribution >= 0.6 is 11.3 Å². The molecule has 3 N–H and O–H groups in total. The van der Waals surface area contributed by atoms with Gasteiger partial charge in [-0.2, -0.15) is 0 Å². The zero-order chi connectivity index (χ0) is 16.2. The van der Waals surface area contributed by atoms with E-state index in [1.165, 1.54) is 11.3 Å². The van der Waals surface area contributed by atoms with Gasteiger partial charge >= 0.3 is 0 Å². The number of rotatable bonds is 5. The summed E-state index contributed by atoms with van der Waals surface area (Å²) >= 11 is 1.38. The Labute approximate surface area is 138 Å². The molecule has 0 bridgehead atoms. The number of thiazole rings is 1. The van der Waals surface area contributed by atoms with Gasteiger partial charge in [-0.05, 0) is 24.1 Å². The number of nitrogens with two attached hydrogens (primary N) is 1. The van der Waals surface area contributed by atoms with Crippen molar-refractivity contribution in [2.24, 2.45) is 5.73 Å². The third-order valence-electron chi connectivity index (χ3n) is 3.73. The van der Waals surface area contributed by atoms with Gasteiger partial charge in [0.25, 0.3) is 5.91 Å². The summed E-state index contributed by atoms with van der Waals surface area (Å²) in [6.07, 6.45) is 1.53. The monoisotopic (exact) mass is 330 g/mol. The number of anilines is 1. The lowest BCUT2D eigenvalue weighted by Crippen LogP contribution is -2.24. The summed E-state index contributed by atoms with van der Waals surface area (Å²) in [6, 6.07) is 7.68. The van der Waals surface area contributed by atoms with E-state index in [4.69, 9.17) is 5.73 Å². The molecule has 2 heterocycles. The Morgan fingerprint density at radius 2 is 2.13 bits per heavy atom. The highest BCUT2D eigenvalue weighted by atomic mass is 32.1. The van der Waals surface area contributed by atoms with E-state index in [0.717, 1.165) is 29.2 Å². The smallest absolute Gasteiger partial charge is 0.271 e. The van der Waals surface area contributed by atoms with Crippen LogP contribution in [0.2, 0.25) is 0 Å². The van der Waals surface area contributed by atoms with Gasteiger partial charge in [0, 0.05) is 37.1 Å². The first-order chi connectivity index (χ1) is 11.2. The quantitative estimate of drug-likeness (QED) is 0.872. The van der Waals surface area contributed by atoms with Crippen LogP contribution in [0.25, 0.3) is 0 Å². The van der Waals surface area contributed by atoms with Crippen molar-refractivity contribution < 1.29 is 9.59 Å². The highest BCUT2D eigenvalue weighted by Crippen LogP contribution is 2.21. The van der Waals surface area contributed by atoms with Gasteiger partial charge in [-0.1, -0.05) is 12.1 Å². The summed E-state index contributed by atoms with van der Waals surface area (Å²) in [5.41, 5.74) is 7.78. The average molecular weight is 330 g/mol. The predicted octanol–water partition coefficient (Wildman–Crippen LogP) is 1.66. The van der Waals surface area contributed by atoms with Crippen LogP contribution in [0.4, 0.5) is 5.69 Å². The lowest BCUT2D eigenvalue weighted by molar-refractivity contribution is -0.117. The Morgan fingerprint density at radius 1 is 1.35 bits per heavy atom. The maximum absolute atomic E-state index is 12.0. The maximum Gasteiger partial charge on any atom is 0.271 e. The van der Waals surface area contributed by atoms with E-state index in [1.54, 1.807) is 10.3 Å². The molecule has 0 radical (unpaired) electrons. The molecule has 1 aromatic heterocycles. The molecule has 0 aliphatic carbocycles. The van der Waals surface area contributed by atoms with Crippen molar-refractivity contribution in [1.29, 1.82) is 0 Å². The third kappa shape index (κ3) is 3.57. The molecular weight excluding hydrogens is 312 g/mol. The van der Waals surface area contributed by atoms with Crippen molar-refractivity contribution in [3.05, 3.63) is 45.9 Å². The van der Waals surface area contributed by atoms with Crippen LogP contribution in [-0.2, 0) is 17.9 Å². The minimum absolute atomic E-state index is 0.172. The SMILES string of the molecule is NCc1nc(C(=O)NCc2ccc(N3CCCC3=O)cc2)cs1. The van der Waals surface area contributed by atoms with Crippen LogP contribution < -0.4 is 16.0 Å². The summed E-state index contributed by atoms with van der Waals surface area (Å²) < 4.78 is 0. The summed E-state index contributed by atoms with van der Waals surface area (Å²) in [6.45, 7) is 1.54. The number of carbonyl (C=O) groups excluding carboxylic acids is 2. The number of nitrogens with one attached hydrogen (secondary N) is 1. The van der Waals surface area contributed by atoms with Crippen LogP contribution in [-0.4, -0.2) is 23.3 Å². The number of hydrogen-bond acceptors (Lipinski definition) is 5. The molecule has 3 rings (SSSR count). The predicted molar refractivity (Wildman–Crippen MR) is 89.2 cm³/mol. The van der Waals surface area contributed by atoms with E-state index in [2.05, 4.69) is 10.3 Å². The molecule has 6 nitrogen and oxygen atoms in total. The van der Waals surface area contributed by atoms with Crippen molar-refractivity contribution in [2.75, 3.05) is 11.4 Å². The Hall–Kier alpha value is -2.25. The Morgan fingerprint density at radius 3 is 2.74 bits per heavy atom. The summed E-state index contributed by atoms with van der Waals surface area (Å²) in [4.78, 5) is 29.7. The zero-order valence-electron chi connectivity index (χ0n) is 12.6. The van der Waals surface area contributed by atoms with Gasteiger partial charge in [0.2, 0.25) is 5.91 Å². The highest BCUT2D eigenvalue weighted by molar-refractivity contribution is 7.09. The van der Waals surface area contributed by atoms with Crippen molar-refractivity contribution in [3.8, 4) is 0 Å². The molecule has 0 spiro atoms. The molecule has 0 saturated carbocycles. The number of amides is 2. The molecule has 23 heavy (non-hydrogen) atoms. The second kappa shape index (κ2) is 6.89. The molecule has 2 aromatic rings. The van der Waals surface area contributed by atoms with E-state index in [-0.39, 0.29) is 11.8 Å². The molecule has 2 amide bonds. The normalized spacial score (nSPS) is 14.3. The van der Waals surface area contributed by atoms with E-state index in [1.807, 2.05) is 24.3 Å². The molecule has 1 saturated heterocycles. The van der Waals surface area contributed by atoms with Crippen LogP contribution in [0.3, 0.4) is 0 Å². The Kier molecular flexibility index (Phi) is 4.68. The van der Waals surface area contributed by atoms with E-state index < -0.39 is 0 Å². The minimum atomic E-state index is -0.209. The standard InChI is InChI=1S/C16H18N4O2S/c17-8-14-19-13(10-23-14)16(22)18-9-11-3-5-12(6-4-11)20-7-1-2-15(20)21/h3-6,10H,1-2,7-9,17H2,(H,18,22). The van der Waals surface area contributed by atoms with Crippen molar-refractivity contribution in [1.82, 2.24) is 10.3 Å². The van der Waals surface area contributed by atoms with Gasteiger partial charge in [0.1, 0.15) is 10.7 Å². The van der Waals surface area contributed by atoms with Crippen molar-refractivity contribution >= 4 is 28.8 Å².